The van der Waals surface area contributed by atoms with Crippen molar-refractivity contribution in [2.75, 3.05) is 13.1 Å². The van der Waals surface area contributed by atoms with E-state index in [-0.39, 0.29) is 42.4 Å². The lowest BCUT2D eigenvalue weighted by Crippen LogP contribution is -2.33. The molecule has 0 aromatic heterocycles. The Balaban J connectivity index is 0.00000243. The smallest absolute Gasteiger partial charge is 0.269 e. The van der Waals surface area contributed by atoms with Gasteiger partial charge in [-0.3, -0.25) is 10.1 Å². The van der Waals surface area contributed by atoms with E-state index in [1.54, 1.807) is 6.07 Å². The van der Waals surface area contributed by atoms with Crippen LogP contribution in [0.15, 0.2) is 54.6 Å². The summed E-state index contributed by atoms with van der Waals surface area (Å²) in [6, 6.07) is 15.0. The molecule has 1 heterocycles. The molecule has 0 bridgehead atoms. The fourth-order valence-corrected chi connectivity index (χ4v) is 4.70. The van der Waals surface area contributed by atoms with Crippen molar-refractivity contribution in [2.45, 2.75) is 17.7 Å². The summed E-state index contributed by atoms with van der Waals surface area (Å²) in [4.78, 5) is 10.3. The zero-order chi connectivity index (χ0) is 18.0. The van der Waals surface area contributed by atoms with Gasteiger partial charge in [0.15, 0.2) is 0 Å². The molecule has 140 valence electrons. The summed E-state index contributed by atoms with van der Waals surface area (Å²) in [5.74, 6) is -0.329. The summed E-state index contributed by atoms with van der Waals surface area (Å²) in [7, 11) is -3.60. The van der Waals surface area contributed by atoms with Crippen molar-refractivity contribution in [2.24, 2.45) is 5.73 Å². The third-order valence-electron chi connectivity index (χ3n) is 4.42. The molecule has 1 aliphatic rings. The molecule has 2 atom stereocenters. The van der Waals surface area contributed by atoms with Crippen LogP contribution >= 0.6 is 12.4 Å². The number of sulfonamides is 1. The number of nitrogens with two attached hydrogens (primary N) is 1. The monoisotopic (exact) mass is 397 g/mol. The molecule has 7 nitrogen and oxygen atoms in total. The Labute approximate surface area is 158 Å². The zero-order valence-electron chi connectivity index (χ0n) is 13.9. The van der Waals surface area contributed by atoms with Crippen molar-refractivity contribution in [3.8, 4) is 0 Å². The molecular weight excluding hydrogens is 378 g/mol. The third kappa shape index (κ3) is 4.39. The molecule has 3 rings (SSSR count). The minimum Gasteiger partial charge on any atom is -0.326 e. The number of nitro groups is 1. The van der Waals surface area contributed by atoms with Crippen LogP contribution in [0.4, 0.5) is 5.69 Å². The van der Waals surface area contributed by atoms with Crippen molar-refractivity contribution in [1.29, 1.82) is 0 Å². The maximum Gasteiger partial charge on any atom is 0.269 e. The molecule has 0 spiro atoms. The summed E-state index contributed by atoms with van der Waals surface area (Å²) >= 11 is 0. The van der Waals surface area contributed by atoms with E-state index in [2.05, 4.69) is 0 Å². The predicted octanol–water partition coefficient (Wildman–Crippen LogP) is 2.27. The van der Waals surface area contributed by atoms with Crippen LogP contribution in [0.5, 0.6) is 0 Å². The normalized spacial score (nSPS) is 20.5. The SMILES string of the molecule is Cl.N[C@@H]1CN(S(=O)(=O)Cc2cccc([N+](=O)[O-])c2)C[C@H]1c1ccccc1. The van der Waals surface area contributed by atoms with E-state index in [4.69, 9.17) is 5.73 Å². The third-order valence-corrected chi connectivity index (χ3v) is 6.21. The Morgan fingerprint density at radius 2 is 1.81 bits per heavy atom. The molecular formula is C17H20ClN3O4S. The van der Waals surface area contributed by atoms with Gasteiger partial charge in [-0.25, -0.2) is 8.42 Å². The number of rotatable bonds is 5. The van der Waals surface area contributed by atoms with Crippen LogP contribution in [-0.4, -0.2) is 36.8 Å². The highest BCUT2D eigenvalue weighted by atomic mass is 35.5. The number of halogens is 1. The minimum absolute atomic E-state index is 0. The topological polar surface area (TPSA) is 107 Å². The highest BCUT2D eigenvalue weighted by Crippen LogP contribution is 2.29. The molecule has 2 N–H and O–H groups in total. The van der Waals surface area contributed by atoms with Crippen molar-refractivity contribution < 1.29 is 13.3 Å². The van der Waals surface area contributed by atoms with Crippen LogP contribution < -0.4 is 5.73 Å². The van der Waals surface area contributed by atoms with E-state index in [1.165, 1.54) is 22.5 Å². The zero-order valence-corrected chi connectivity index (χ0v) is 15.5. The second-order valence-corrected chi connectivity index (χ2v) is 8.15. The molecule has 1 fully saturated rings. The average molecular weight is 398 g/mol. The predicted molar refractivity (Wildman–Crippen MR) is 102 cm³/mol. The lowest BCUT2D eigenvalue weighted by atomic mass is 9.95. The number of nitro benzene ring substituents is 1. The average Bonchev–Trinajstić information content (AvgIpc) is 2.98. The summed E-state index contributed by atoms with van der Waals surface area (Å²) < 4.78 is 26.8. The fraction of sp³-hybridized carbons (Fsp3) is 0.294. The van der Waals surface area contributed by atoms with Crippen LogP contribution in [0.2, 0.25) is 0 Å². The Morgan fingerprint density at radius 1 is 1.12 bits per heavy atom. The summed E-state index contributed by atoms with van der Waals surface area (Å²) in [5.41, 5.74) is 7.45. The van der Waals surface area contributed by atoms with Gasteiger partial charge in [0.05, 0.1) is 10.7 Å². The van der Waals surface area contributed by atoms with Gasteiger partial charge in [-0.15, -0.1) is 12.4 Å². The van der Waals surface area contributed by atoms with Gasteiger partial charge in [0, 0.05) is 37.2 Å². The first-order chi connectivity index (χ1) is 11.9. The van der Waals surface area contributed by atoms with Gasteiger partial charge in [0.2, 0.25) is 10.0 Å². The molecule has 0 amide bonds. The molecule has 0 unspecified atom stereocenters. The van der Waals surface area contributed by atoms with E-state index in [9.17, 15) is 18.5 Å². The van der Waals surface area contributed by atoms with Crippen LogP contribution in [0.1, 0.15) is 17.0 Å². The first-order valence-electron chi connectivity index (χ1n) is 7.88. The molecule has 2 aromatic carbocycles. The van der Waals surface area contributed by atoms with Crippen LogP contribution in [-0.2, 0) is 15.8 Å². The molecule has 1 saturated heterocycles. The number of hydrogen-bond acceptors (Lipinski definition) is 5. The molecule has 0 radical (unpaired) electrons. The Bertz CT molecular complexity index is 877. The highest BCUT2D eigenvalue weighted by Gasteiger charge is 2.37. The number of non-ortho nitro benzene ring substituents is 1. The van der Waals surface area contributed by atoms with Crippen molar-refractivity contribution in [3.63, 3.8) is 0 Å². The first-order valence-corrected chi connectivity index (χ1v) is 9.49. The molecule has 1 aliphatic heterocycles. The van der Waals surface area contributed by atoms with E-state index < -0.39 is 14.9 Å². The largest absolute Gasteiger partial charge is 0.326 e. The minimum atomic E-state index is -3.60. The number of benzene rings is 2. The lowest BCUT2D eigenvalue weighted by Gasteiger charge is -2.16. The maximum atomic E-state index is 12.7. The van der Waals surface area contributed by atoms with Gasteiger partial charge in [-0.2, -0.15) is 4.31 Å². The maximum absolute atomic E-state index is 12.7. The van der Waals surface area contributed by atoms with Crippen molar-refractivity contribution in [3.05, 3.63) is 75.8 Å². The van der Waals surface area contributed by atoms with Gasteiger partial charge < -0.3 is 5.73 Å². The van der Waals surface area contributed by atoms with Crippen molar-refractivity contribution in [1.82, 2.24) is 4.31 Å². The van der Waals surface area contributed by atoms with Gasteiger partial charge in [0.1, 0.15) is 0 Å². The Morgan fingerprint density at radius 3 is 2.46 bits per heavy atom. The Hall–Kier alpha value is -2.00. The van der Waals surface area contributed by atoms with Gasteiger partial charge in [0.25, 0.3) is 5.69 Å². The summed E-state index contributed by atoms with van der Waals surface area (Å²) in [6.07, 6.45) is 0. The van der Waals surface area contributed by atoms with Crippen LogP contribution in [0.25, 0.3) is 0 Å². The second-order valence-electron chi connectivity index (χ2n) is 6.18. The standard InChI is InChI=1S/C17H19N3O4S.ClH/c18-17-11-19(10-16(17)14-6-2-1-3-7-14)25(23,24)12-13-5-4-8-15(9-13)20(21)22;/h1-9,16-17H,10-12,18H2;1H/t16-,17+;/m0./s1. The molecule has 9 heteroatoms. The van der Waals surface area contributed by atoms with Gasteiger partial charge >= 0.3 is 0 Å². The molecule has 0 aliphatic carbocycles. The van der Waals surface area contributed by atoms with Gasteiger partial charge in [-0.05, 0) is 11.1 Å². The first kappa shape index (κ1) is 20.3. The van der Waals surface area contributed by atoms with E-state index in [0.29, 0.717) is 12.1 Å². The lowest BCUT2D eigenvalue weighted by molar-refractivity contribution is -0.384. The van der Waals surface area contributed by atoms with Gasteiger partial charge in [-0.1, -0.05) is 42.5 Å². The summed E-state index contributed by atoms with van der Waals surface area (Å²) in [5, 5.41) is 10.8. The number of hydrogen-bond donors (Lipinski definition) is 1. The molecule has 2 aromatic rings. The van der Waals surface area contributed by atoms with Crippen LogP contribution in [0.3, 0.4) is 0 Å². The fourth-order valence-electron chi connectivity index (χ4n) is 3.13. The van der Waals surface area contributed by atoms with E-state index in [1.807, 2.05) is 30.3 Å². The molecule has 0 saturated carbocycles. The highest BCUT2D eigenvalue weighted by molar-refractivity contribution is 7.88. The second kappa shape index (κ2) is 8.13. The van der Waals surface area contributed by atoms with Crippen molar-refractivity contribution >= 4 is 28.1 Å². The molecule has 26 heavy (non-hydrogen) atoms. The number of nitrogens with zero attached hydrogens (tertiary/aromatic N) is 2. The van der Waals surface area contributed by atoms with E-state index in [0.717, 1.165) is 5.56 Å². The van der Waals surface area contributed by atoms with Crippen LogP contribution in [0, 0.1) is 10.1 Å². The van der Waals surface area contributed by atoms with E-state index >= 15 is 0 Å². The quantitative estimate of drug-likeness (QED) is 0.615. The Kier molecular flexibility index (Phi) is 6.35. The summed E-state index contributed by atoms with van der Waals surface area (Å²) in [6.45, 7) is 0.569.